The normalized spacial score (nSPS) is 18.8. The number of hydrogen-bond donors (Lipinski definition) is 0. The molecule has 2 rings (SSSR count). The van der Waals surface area contributed by atoms with Crippen molar-refractivity contribution in [1.29, 1.82) is 0 Å². The van der Waals surface area contributed by atoms with Gasteiger partial charge in [0.2, 0.25) is 0 Å². The third-order valence-electron chi connectivity index (χ3n) is 2.65. The van der Waals surface area contributed by atoms with Gasteiger partial charge in [-0.1, -0.05) is 31.0 Å². The third-order valence-corrected chi connectivity index (χ3v) is 2.89. The highest BCUT2D eigenvalue weighted by molar-refractivity contribution is 6.31. The average Bonchev–Trinajstić information content (AvgIpc) is 2.53. The molecule has 2 nitrogen and oxygen atoms in total. The number of fused-ring (bicyclic) bond motifs is 1. The Balaban J connectivity index is 2.26. The van der Waals surface area contributed by atoms with Crippen LogP contribution in [0.15, 0.2) is 18.2 Å². The molecule has 0 fully saturated rings. The zero-order chi connectivity index (χ0) is 10.8. The van der Waals surface area contributed by atoms with Crippen LogP contribution in [0.5, 0.6) is 0 Å². The summed E-state index contributed by atoms with van der Waals surface area (Å²) in [4.78, 5) is 11.5. The second-order valence-electron chi connectivity index (χ2n) is 3.77. The summed E-state index contributed by atoms with van der Waals surface area (Å²) in [6.45, 7) is 2.12. The topological polar surface area (TPSA) is 26.3 Å². The molecule has 3 heteroatoms. The van der Waals surface area contributed by atoms with E-state index in [1.54, 1.807) is 12.1 Å². The molecule has 1 aromatic carbocycles. The van der Waals surface area contributed by atoms with Gasteiger partial charge in [0.15, 0.2) is 0 Å². The first-order valence-electron chi connectivity index (χ1n) is 5.22. The fraction of sp³-hybridized carbons (Fsp3) is 0.417. The highest BCUT2D eigenvalue weighted by Crippen LogP contribution is 2.35. The zero-order valence-electron chi connectivity index (χ0n) is 8.63. The molecule has 0 radical (unpaired) electrons. The van der Waals surface area contributed by atoms with Gasteiger partial charge in [-0.05, 0) is 25.0 Å². The summed E-state index contributed by atoms with van der Waals surface area (Å²) in [5.74, 6) is -0.242. The standard InChI is InChI=1S/C12H13ClO2/c1-2-3-4-11-9-6-5-8(13)7-10(9)12(14)15-11/h5-7,11H,2-4H2,1H3. The number of rotatable bonds is 3. The first-order valence-corrected chi connectivity index (χ1v) is 5.60. The Bertz CT molecular complexity index is 387. The second-order valence-corrected chi connectivity index (χ2v) is 4.20. The Morgan fingerprint density at radius 1 is 1.47 bits per heavy atom. The van der Waals surface area contributed by atoms with E-state index in [-0.39, 0.29) is 12.1 Å². The van der Waals surface area contributed by atoms with Crippen molar-refractivity contribution >= 4 is 17.6 Å². The number of hydrogen-bond acceptors (Lipinski definition) is 2. The van der Waals surface area contributed by atoms with Gasteiger partial charge >= 0.3 is 5.97 Å². The summed E-state index contributed by atoms with van der Waals surface area (Å²) < 4.78 is 5.29. The van der Waals surface area contributed by atoms with Crippen LogP contribution in [0, 0.1) is 0 Å². The van der Waals surface area contributed by atoms with Gasteiger partial charge in [0.1, 0.15) is 6.10 Å². The van der Waals surface area contributed by atoms with Gasteiger partial charge in [-0.3, -0.25) is 0 Å². The van der Waals surface area contributed by atoms with Crippen molar-refractivity contribution in [2.24, 2.45) is 0 Å². The monoisotopic (exact) mass is 224 g/mol. The first kappa shape index (κ1) is 10.5. The van der Waals surface area contributed by atoms with Crippen LogP contribution in [0.3, 0.4) is 0 Å². The van der Waals surface area contributed by atoms with E-state index in [1.807, 2.05) is 6.07 Å². The lowest BCUT2D eigenvalue weighted by atomic mass is 10.0. The first-order chi connectivity index (χ1) is 7.22. The fourth-order valence-electron chi connectivity index (χ4n) is 1.85. The van der Waals surface area contributed by atoms with Crippen molar-refractivity contribution in [2.45, 2.75) is 32.3 Å². The number of esters is 1. The van der Waals surface area contributed by atoms with Crippen molar-refractivity contribution in [3.63, 3.8) is 0 Å². The molecule has 1 aliphatic heterocycles. The van der Waals surface area contributed by atoms with Gasteiger partial charge in [0, 0.05) is 10.6 Å². The van der Waals surface area contributed by atoms with E-state index in [2.05, 4.69) is 6.92 Å². The van der Waals surface area contributed by atoms with Gasteiger partial charge < -0.3 is 4.74 Å². The van der Waals surface area contributed by atoms with Crippen molar-refractivity contribution in [3.05, 3.63) is 34.3 Å². The number of unbranched alkanes of at least 4 members (excludes halogenated alkanes) is 1. The minimum Gasteiger partial charge on any atom is -0.454 e. The number of carbonyl (C=O) groups is 1. The molecule has 0 saturated heterocycles. The SMILES string of the molecule is CCCCC1OC(=O)c2cc(Cl)ccc21. The van der Waals surface area contributed by atoms with E-state index in [4.69, 9.17) is 16.3 Å². The predicted octanol–water partition coefficient (Wildman–Crippen LogP) is 3.74. The maximum atomic E-state index is 11.5. The Morgan fingerprint density at radius 2 is 2.27 bits per heavy atom. The molecule has 0 N–H and O–H groups in total. The minimum atomic E-state index is -0.242. The third kappa shape index (κ3) is 2.00. The summed E-state index contributed by atoms with van der Waals surface area (Å²) in [7, 11) is 0. The molecule has 1 unspecified atom stereocenters. The molecular weight excluding hydrogens is 212 g/mol. The summed E-state index contributed by atoms with van der Waals surface area (Å²) in [5, 5.41) is 0.585. The molecule has 1 aliphatic rings. The number of cyclic esters (lactones) is 1. The summed E-state index contributed by atoms with van der Waals surface area (Å²) >= 11 is 5.83. The van der Waals surface area contributed by atoms with E-state index >= 15 is 0 Å². The molecule has 0 aromatic heterocycles. The highest BCUT2D eigenvalue weighted by Gasteiger charge is 2.30. The lowest BCUT2D eigenvalue weighted by Gasteiger charge is -2.09. The van der Waals surface area contributed by atoms with Gasteiger partial charge in [-0.2, -0.15) is 0 Å². The van der Waals surface area contributed by atoms with Crippen molar-refractivity contribution in [2.75, 3.05) is 0 Å². The predicted molar refractivity (Wildman–Crippen MR) is 59.1 cm³/mol. The number of ether oxygens (including phenoxy) is 1. The van der Waals surface area contributed by atoms with E-state index in [0.29, 0.717) is 10.6 Å². The van der Waals surface area contributed by atoms with Gasteiger partial charge in [-0.25, -0.2) is 4.79 Å². The Labute approximate surface area is 94.2 Å². The van der Waals surface area contributed by atoms with Crippen LogP contribution in [-0.4, -0.2) is 5.97 Å². The Kier molecular flexibility index (Phi) is 2.96. The largest absolute Gasteiger partial charge is 0.454 e. The molecule has 1 aromatic rings. The van der Waals surface area contributed by atoms with Gasteiger partial charge in [0.25, 0.3) is 0 Å². The van der Waals surface area contributed by atoms with E-state index < -0.39 is 0 Å². The van der Waals surface area contributed by atoms with E-state index in [0.717, 1.165) is 24.8 Å². The molecule has 0 saturated carbocycles. The molecule has 0 amide bonds. The molecule has 1 atom stereocenters. The second kappa shape index (κ2) is 4.23. The maximum absolute atomic E-state index is 11.5. The van der Waals surface area contributed by atoms with Gasteiger partial charge in [-0.15, -0.1) is 0 Å². The lowest BCUT2D eigenvalue weighted by molar-refractivity contribution is 0.0364. The highest BCUT2D eigenvalue weighted by atomic mass is 35.5. The van der Waals surface area contributed by atoms with Crippen molar-refractivity contribution < 1.29 is 9.53 Å². The van der Waals surface area contributed by atoms with E-state index in [9.17, 15) is 4.79 Å². The van der Waals surface area contributed by atoms with Crippen LogP contribution in [0.2, 0.25) is 5.02 Å². The molecular formula is C12H13ClO2. The van der Waals surface area contributed by atoms with Crippen LogP contribution < -0.4 is 0 Å². The van der Waals surface area contributed by atoms with Crippen LogP contribution in [0.25, 0.3) is 0 Å². The maximum Gasteiger partial charge on any atom is 0.339 e. The quantitative estimate of drug-likeness (QED) is 0.731. The average molecular weight is 225 g/mol. The fourth-order valence-corrected chi connectivity index (χ4v) is 2.02. The molecule has 15 heavy (non-hydrogen) atoms. The summed E-state index contributed by atoms with van der Waals surface area (Å²) in [6, 6.07) is 5.38. The molecule has 80 valence electrons. The van der Waals surface area contributed by atoms with Crippen LogP contribution in [0.4, 0.5) is 0 Å². The van der Waals surface area contributed by atoms with Crippen LogP contribution >= 0.6 is 11.6 Å². The number of halogens is 1. The molecule has 1 heterocycles. The van der Waals surface area contributed by atoms with Crippen LogP contribution in [-0.2, 0) is 4.74 Å². The number of benzene rings is 1. The Morgan fingerprint density at radius 3 is 3.00 bits per heavy atom. The summed E-state index contributed by atoms with van der Waals surface area (Å²) in [5.41, 5.74) is 1.61. The van der Waals surface area contributed by atoms with Gasteiger partial charge in [0.05, 0.1) is 5.56 Å². The summed E-state index contributed by atoms with van der Waals surface area (Å²) in [6.07, 6.45) is 3.01. The van der Waals surface area contributed by atoms with E-state index in [1.165, 1.54) is 0 Å². The minimum absolute atomic E-state index is 0.0651. The number of carbonyl (C=O) groups excluding carboxylic acids is 1. The van der Waals surface area contributed by atoms with Crippen molar-refractivity contribution in [3.8, 4) is 0 Å². The van der Waals surface area contributed by atoms with Crippen LogP contribution in [0.1, 0.15) is 48.2 Å². The molecule has 0 bridgehead atoms. The lowest BCUT2D eigenvalue weighted by Crippen LogP contribution is -1.98. The molecule has 0 spiro atoms. The zero-order valence-corrected chi connectivity index (χ0v) is 9.38. The Hall–Kier alpha value is -1.02. The van der Waals surface area contributed by atoms with Crippen molar-refractivity contribution in [1.82, 2.24) is 0 Å². The smallest absolute Gasteiger partial charge is 0.339 e. The molecule has 0 aliphatic carbocycles.